The van der Waals surface area contributed by atoms with Crippen LogP contribution in [0.3, 0.4) is 0 Å². The zero-order valence-electron chi connectivity index (χ0n) is 19.7. The van der Waals surface area contributed by atoms with E-state index in [9.17, 15) is 13.2 Å². The Hall–Kier alpha value is -2.69. The Kier molecular flexibility index (Phi) is 10.3. The molecule has 2 unspecified atom stereocenters. The van der Waals surface area contributed by atoms with Crippen molar-refractivity contribution >= 4 is 27.7 Å². The quantitative estimate of drug-likeness (QED) is 0.428. The molecule has 0 aliphatic heterocycles. The predicted molar refractivity (Wildman–Crippen MR) is 129 cm³/mol. The number of para-hydroxylation sites is 2. The fourth-order valence-electron chi connectivity index (χ4n) is 3.32. The number of rotatable bonds is 12. The SMILES string of the molecule is CCOc1ccccc1OCCN(C(=O)OC(C)Cl)C(C)Cc1ccc(OC)c(S(N)(=O)=O)c1. The van der Waals surface area contributed by atoms with Crippen molar-refractivity contribution in [3.63, 3.8) is 0 Å². The Bertz CT molecular complexity index is 1060. The lowest BCUT2D eigenvalue weighted by Crippen LogP contribution is -2.43. The molecule has 0 radical (unpaired) electrons. The van der Waals surface area contributed by atoms with Crippen molar-refractivity contribution in [1.29, 1.82) is 0 Å². The molecule has 0 bridgehead atoms. The molecule has 2 aromatic rings. The first-order valence-corrected chi connectivity index (χ1v) is 12.7. The maximum atomic E-state index is 12.7. The van der Waals surface area contributed by atoms with E-state index in [2.05, 4.69) is 0 Å². The van der Waals surface area contributed by atoms with Crippen LogP contribution in [0, 0.1) is 0 Å². The van der Waals surface area contributed by atoms with E-state index >= 15 is 0 Å². The van der Waals surface area contributed by atoms with Crippen LogP contribution in [-0.2, 0) is 21.2 Å². The van der Waals surface area contributed by atoms with Gasteiger partial charge < -0.3 is 23.8 Å². The lowest BCUT2D eigenvalue weighted by molar-refractivity contribution is 0.0759. The second-order valence-electron chi connectivity index (χ2n) is 7.43. The highest BCUT2D eigenvalue weighted by molar-refractivity contribution is 7.89. The molecule has 0 spiro atoms. The topological polar surface area (TPSA) is 117 Å². The minimum atomic E-state index is -3.99. The van der Waals surface area contributed by atoms with Gasteiger partial charge in [0.25, 0.3) is 0 Å². The Morgan fingerprint density at radius 1 is 1.09 bits per heavy atom. The zero-order chi connectivity index (χ0) is 25.3. The number of nitrogens with two attached hydrogens (primary N) is 1. The predicted octanol–water partition coefficient (Wildman–Crippen LogP) is 3.77. The number of carbonyl (C=O) groups is 1. The maximum Gasteiger partial charge on any atom is 0.411 e. The molecule has 11 heteroatoms. The van der Waals surface area contributed by atoms with Crippen molar-refractivity contribution < 1.29 is 32.2 Å². The molecule has 1 amide bonds. The maximum absolute atomic E-state index is 12.7. The van der Waals surface area contributed by atoms with Gasteiger partial charge in [0, 0.05) is 6.04 Å². The molecule has 2 atom stereocenters. The van der Waals surface area contributed by atoms with Crippen molar-refractivity contribution in [2.45, 2.75) is 43.7 Å². The second kappa shape index (κ2) is 12.7. The summed E-state index contributed by atoms with van der Waals surface area (Å²) in [4.78, 5) is 14.1. The van der Waals surface area contributed by atoms with Crippen LogP contribution in [0.15, 0.2) is 47.4 Å². The van der Waals surface area contributed by atoms with E-state index in [4.69, 9.17) is 35.7 Å². The number of primary sulfonamides is 1. The van der Waals surface area contributed by atoms with Crippen LogP contribution < -0.4 is 19.3 Å². The highest BCUT2D eigenvalue weighted by Gasteiger charge is 2.24. The van der Waals surface area contributed by atoms with Crippen LogP contribution in [0.25, 0.3) is 0 Å². The molecule has 0 fully saturated rings. The standard InChI is InChI=1S/C23H31ClN2O7S/c1-5-31-19-8-6-7-9-20(19)32-13-12-26(23(27)33-17(3)24)16(2)14-18-10-11-21(30-4)22(15-18)34(25,28)29/h6-11,15-17H,5,12-14H2,1-4H3,(H2,25,28,29). The number of methoxy groups -OCH3 is 1. The number of hydrogen-bond acceptors (Lipinski definition) is 7. The number of carbonyl (C=O) groups excluding carboxylic acids is 1. The Labute approximate surface area is 205 Å². The second-order valence-corrected chi connectivity index (χ2v) is 9.58. The smallest absolute Gasteiger partial charge is 0.411 e. The summed E-state index contributed by atoms with van der Waals surface area (Å²) in [6.45, 7) is 6.09. The van der Waals surface area contributed by atoms with Gasteiger partial charge in [-0.1, -0.05) is 29.8 Å². The molecule has 0 saturated heterocycles. The van der Waals surface area contributed by atoms with E-state index in [1.54, 1.807) is 25.1 Å². The Morgan fingerprint density at radius 2 is 1.74 bits per heavy atom. The molecule has 0 aliphatic rings. The number of ether oxygens (including phenoxy) is 4. The normalized spacial score (nSPS) is 13.0. The molecular formula is C23H31ClN2O7S. The zero-order valence-corrected chi connectivity index (χ0v) is 21.3. The summed E-state index contributed by atoms with van der Waals surface area (Å²) in [7, 11) is -2.63. The third kappa shape index (κ3) is 7.96. The number of sulfonamides is 1. The first-order valence-electron chi connectivity index (χ1n) is 10.7. The number of amides is 1. The molecule has 188 valence electrons. The molecule has 2 aromatic carbocycles. The van der Waals surface area contributed by atoms with Crippen LogP contribution in [0.1, 0.15) is 26.3 Å². The third-order valence-electron chi connectivity index (χ3n) is 4.83. The van der Waals surface area contributed by atoms with E-state index in [-0.39, 0.29) is 29.8 Å². The first kappa shape index (κ1) is 27.6. The molecule has 0 aliphatic carbocycles. The number of nitrogens with zero attached hydrogens (tertiary/aromatic N) is 1. The molecule has 0 aromatic heterocycles. The average molecular weight is 515 g/mol. The van der Waals surface area contributed by atoms with E-state index < -0.39 is 21.7 Å². The van der Waals surface area contributed by atoms with Gasteiger partial charge in [0.2, 0.25) is 10.0 Å². The van der Waals surface area contributed by atoms with Gasteiger partial charge in [0.1, 0.15) is 17.3 Å². The van der Waals surface area contributed by atoms with Gasteiger partial charge in [-0.25, -0.2) is 18.4 Å². The lowest BCUT2D eigenvalue weighted by atomic mass is 10.1. The molecule has 0 heterocycles. The Balaban J connectivity index is 2.18. The van der Waals surface area contributed by atoms with Gasteiger partial charge in [0.15, 0.2) is 17.1 Å². The van der Waals surface area contributed by atoms with Gasteiger partial charge in [-0.05, 0) is 57.0 Å². The average Bonchev–Trinajstić information content (AvgIpc) is 2.76. The van der Waals surface area contributed by atoms with Crippen molar-refractivity contribution in [3.8, 4) is 17.2 Å². The van der Waals surface area contributed by atoms with E-state index in [1.807, 2.05) is 26.0 Å². The van der Waals surface area contributed by atoms with Crippen LogP contribution >= 0.6 is 11.6 Å². The fraction of sp³-hybridized carbons (Fsp3) is 0.435. The third-order valence-corrected chi connectivity index (χ3v) is 5.86. The molecule has 2 rings (SSSR count). The van der Waals surface area contributed by atoms with E-state index in [0.717, 1.165) is 0 Å². The fourth-order valence-corrected chi connectivity index (χ4v) is 4.14. The number of benzene rings is 2. The van der Waals surface area contributed by atoms with Gasteiger partial charge in [0.05, 0.1) is 20.3 Å². The summed E-state index contributed by atoms with van der Waals surface area (Å²) in [5.41, 5.74) is -0.173. The molecule has 34 heavy (non-hydrogen) atoms. The highest BCUT2D eigenvalue weighted by Crippen LogP contribution is 2.27. The summed E-state index contributed by atoms with van der Waals surface area (Å²) >= 11 is 5.86. The minimum absolute atomic E-state index is 0.126. The van der Waals surface area contributed by atoms with Crippen molar-refractivity contribution in [3.05, 3.63) is 48.0 Å². The summed E-state index contributed by atoms with van der Waals surface area (Å²) in [5.74, 6) is 1.31. The van der Waals surface area contributed by atoms with Crippen LogP contribution in [0.5, 0.6) is 17.2 Å². The van der Waals surface area contributed by atoms with Crippen LogP contribution in [-0.4, -0.2) is 57.9 Å². The van der Waals surface area contributed by atoms with Gasteiger partial charge in [-0.3, -0.25) is 0 Å². The number of hydrogen-bond donors (Lipinski definition) is 1. The summed E-state index contributed by atoms with van der Waals surface area (Å²) < 4.78 is 45.6. The first-order chi connectivity index (χ1) is 16.1. The van der Waals surface area contributed by atoms with Gasteiger partial charge in [-0.2, -0.15) is 0 Å². The van der Waals surface area contributed by atoms with Crippen LogP contribution in [0.4, 0.5) is 4.79 Å². The largest absolute Gasteiger partial charge is 0.495 e. The monoisotopic (exact) mass is 514 g/mol. The summed E-state index contributed by atoms with van der Waals surface area (Å²) in [6, 6.07) is 11.6. The van der Waals surface area contributed by atoms with Crippen molar-refractivity contribution in [1.82, 2.24) is 4.90 Å². The summed E-state index contributed by atoms with van der Waals surface area (Å²) in [5, 5.41) is 5.32. The highest BCUT2D eigenvalue weighted by atomic mass is 35.5. The summed E-state index contributed by atoms with van der Waals surface area (Å²) in [6.07, 6.45) is -0.287. The number of halogens is 1. The van der Waals surface area contributed by atoms with Gasteiger partial charge >= 0.3 is 6.09 Å². The molecule has 9 nitrogen and oxygen atoms in total. The van der Waals surface area contributed by atoms with E-state index in [1.165, 1.54) is 24.1 Å². The Morgan fingerprint density at radius 3 is 2.29 bits per heavy atom. The lowest BCUT2D eigenvalue weighted by Gasteiger charge is -2.29. The molecular weight excluding hydrogens is 484 g/mol. The van der Waals surface area contributed by atoms with Gasteiger partial charge in [-0.15, -0.1) is 0 Å². The molecule has 2 N–H and O–H groups in total. The minimum Gasteiger partial charge on any atom is -0.495 e. The van der Waals surface area contributed by atoms with Crippen molar-refractivity contribution in [2.24, 2.45) is 5.14 Å². The van der Waals surface area contributed by atoms with Crippen molar-refractivity contribution in [2.75, 3.05) is 26.9 Å². The molecule has 0 saturated carbocycles. The van der Waals surface area contributed by atoms with E-state index in [0.29, 0.717) is 30.1 Å². The number of alkyl halides is 1. The van der Waals surface area contributed by atoms with Crippen LogP contribution in [0.2, 0.25) is 0 Å².